The molecule has 1 aliphatic rings. The summed E-state index contributed by atoms with van der Waals surface area (Å²) < 4.78 is 10.2. The predicted molar refractivity (Wildman–Crippen MR) is 98.3 cm³/mol. The molecule has 0 radical (unpaired) electrons. The number of para-hydroxylation sites is 2. The number of methoxy groups -OCH3 is 1. The van der Waals surface area contributed by atoms with E-state index in [1.54, 1.807) is 48.5 Å². The van der Waals surface area contributed by atoms with Crippen molar-refractivity contribution in [1.29, 1.82) is 0 Å². The molecule has 0 aromatic heterocycles. The number of nitrogens with zero attached hydrogens (tertiary/aromatic N) is 1. The third-order valence-corrected chi connectivity index (χ3v) is 4.01. The van der Waals surface area contributed by atoms with Crippen molar-refractivity contribution in [1.82, 2.24) is 4.90 Å². The minimum Gasteiger partial charge on any atom is -0.504 e. The molecule has 26 heavy (non-hydrogen) atoms. The summed E-state index contributed by atoms with van der Waals surface area (Å²) in [5.41, 5.74) is 0.836. The maximum atomic E-state index is 11.7. The molecule has 140 valence electrons. The fourth-order valence-electron chi connectivity index (χ4n) is 2.52. The van der Waals surface area contributed by atoms with Gasteiger partial charge in [0.1, 0.15) is 5.75 Å². The number of rotatable bonds is 5. The van der Waals surface area contributed by atoms with Crippen molar-refractivity contribution in [3.63, 3.8) is 0 Å². The molecule has 2 aromatic carbocycles. The summed E-state index contributed by atoms with van der Waals surface area (Å²) in [6.07, 6.45) is 2.19. The lowest BCUT2D eigenvalue weighted by molar-refractivity contribution is -0.132. The molecule has 1 aliphatic heterocycles. The van der Waals surface area contributed by atoms with Crippen LogP contribution in [0.15, 0.2) is 48.5 Å². The van der Waals surface area contributed by atoms with Gasteiger partial charge >= 0.3 is 0 Å². The first-order valence-electron chi connectivity index (χ1n) is 8.56. The molecule has 0 spiro atoms. The second-order valence-electron chi connectivity index (χ2n) is 5.85. The third kappa shape index (κ3) is 5.97. The van der Waals surface area contributed by atoms with Crippen molar-refractivity contribution in [3.8, 4) is 17.2 Å². The molecular weight excluding hydrogens is 334 g/mol. The number of aliphatic hydroxyl groups is 1. The second-order valence-corrected chi connectivity index (χ2v) is 5.85. The molecule has 0 aliphatic carbocycles. The van der Waals surface area contributed by atoms with Crippen LogP contribution < -0.4 is 9.47 Å². The highest BCUT2D eigenvalue weighted by molar-refractivity contribution is 5.78. The number of likely N-dealkylation sites (tertiary alicyclic amines) is 1. The number of phenols is 1. The zero-order valence-electron chi connectivity index (χ0n) is 14.9. The van der Waals surface area contributed by atoms with Crippen molar-refractivity contribution in [2.75, 3.05) is 26.8 Å². The Bertz CT molecular complexity index is 681. The quantitative estimate of drug-likeness (QED) is 0.858. The van der Waals surface area contributed by atoms with Gasteiger partial charge in [-0.3, -0.25) is 4.79 Å². The SMILES string of the molecule is COc1ccccc1O.O=C(COc1ccc(CO)cc1)N1CCCC1. The van der Waals surface area contributed by atoms with Crippen LogP contribution in [0.1, 0.15) is 18.4 Å². The van der Waals surface area contributed by atoms with Crippen molar-refractivity contribution in [2.24, 2.45) is 0 Å². The molecule has 0 bridgehead atoms. The maximum Gasteiger partial charge on any atom is 0.260 e. The van der Waals surface area contributed by atoms with Gasteiger partial charge in [0.2, 0.25) is 0 Å². The van der Waals surface area contributed by atoms with E-state index in [0.29, 0.717) is 11.5 Å². The molecule has 0 saturated carbocycles. The van der Waals surface area contributed by atoms with Crippen LogP contribution in [0.25, 0.3) is 0 Å². The van der Waals surface area contributed by atoms with E-state index in [0.717, 1.165) is 31.5 Å². The lowest BCUT2D eigenvalue weighted by atomic mass is 10.2. The molecule has 6 nitrogen and oxygen atoms in total. The van der Waals surface area contributed by atoms with E-state index in [4.69, 9.17) is 19.7 Å². The summed E-state index contributed by atoms with van der Waals surface area (Å²) in [5.74, 6) is 1.40. The molecule has 2 aromatic rings. The van der Waals surface area contributed by atoms with Crippen LogP contribution in [0, 0.1) is 0 Å². The van der Waals surface area contributed by atoms with Crippen LogP contribution in [0.2, 0.25) is 0 Å². The van der Waals surface area contributed by atoms with E-state index in [9.17, 15) is 4.79 Å². The molecule has 2 N–H and O–H groups in total. The number of aromatic hydroxyl groups is 1. The monoisotopic (exact) mass is 359 g/mol. The summed E-state index contributed by atoms with van der Waals surface area (Å²) >= 11 is 0. The Morgan fingerprint density at radius 2 is 1.73 bits per heavy atom. The maximum absolute atomic E-state index is 11.7. The molecule has 1 amide bonds. The van der Waals surface area contributed by atoms with Crippen LogP contribution >= 0.6 is 0 Å². The summed E-state index contributed by atoms with van der Waals surface area (Å²) in [6, 6.07) is 13.9. The molecule has 1 saturated heterocycles. The fraction of sp³-hybridized carbons (Fsp3) is 0.350. The van der Waals surface area contributed by atoms with Gasteiger partial charge in [0.05, 0.1) is 13.7 Å². The Kier molecular flexibility index (Phi) is 7.76. The number of hydrogen-bond donors (Lipinski definition) is 2. The van der Waals surface area contributed by atoms with Gasteiger partial charge in [0.15, 0.2) is 18.1 Å². The molecule has 1 fully saturated rings. The normalized spacial score (nSPS) is 12.9. The summed E-state index contributed by atoms with van der Waals surface area (Å²) in [6.45, 7) is 1.82. The van der Waals surface area contributed by atoms with E-state index in [1.165, 1.54) is 7.11 Å². The number of aliphatic hydroxyl groups excluding tert-OH is 1. The van der Waals surface area contributed by atoms with E-state index in [2.05, 4.69) is 0 Å². The van der Waals surface area contributed by atoms with Gasteiger partial charge in [-0.1, -0.05) is 24.3 Å². The van der Waals surface area contributed by atoms with Crippen LogP contribution in [-0.4, -0.2) is 47.8 Å². The van der Waals surface area contributed by atoms with Crippen molar-refractivity contribution in [2.45, 2.75) is 19.4 Å². The average molecular weight is 359 g/mol. The number of ether oxygens (including phenoxy) is 2. The minimum absolute atomic E-state index is 0.0208. The summed E-state index contributed by atoms with van der Waals surface area (Å²) in [4.78, 5) is 13.5. The van der Waals surface area contributed by atoms with Gasteiger partial charge in [-0.25, -0.2) is 0 Å². The molecule has 0 unspecified atom stereocenters. The zero-order chi connectivity index (χ0) is 18.8. The molecule has 6 heteroatoms. The standard InChI is InChI=1S/C13H17NO3.C7H8O2/c15-9-11-3-5-12(6-4-11)17-10-13(16)14-7-1-2-8-14;1-9-7-5-3-2-4-6(7)8/h3-6,15H,1-2,7-10H2;2-5,8H,1H3. The number of phenolic OH excluding ortho intramolecular Hbond substituents is 1. The number of hydrogen-bond acceptors (Lipinski definition) is 5. The van der Waals surface area contributed by atoms with Gasteiger partial charge in [-0.2, -0.15) is 0 Å². The highest BCUT2D eigenvalue weighted by atomic mass is 16.5. The smallest absolute Gasteiger partial charge is 0.260 e. The van der Waals surface area contributed by atoms with Crippen LogP contribution in [0.5, 0.6) is 17.2 Å². The van der Waals surface area contributed by atoms with Gasteiger partial charge in [0, 0.05) is 13.1 Å². The van der Waals surface area contributed by atoms with Crippen LogP contribution in [-0.2, 0) is 11.4 Å². The number of carbonyl (C=O) groups excluding carboxylic acids is 1. The lowest BCUT2D eigenvalue weighted by Crippen LogP contribution is -2.32. The average Bonchev–Trinajstić information content (AvgIpc) is 3.22. The zero-order valence-corrected chi connectivity index (χ0v) is 14.9. The fourth-order valence-corrected chi connectivity index (χ4v) is 2.52. The van der Waals surface area contributed by atoms with Crippen molar-refractivity contribution in [3.05, 3.63) is 54.1 Å². The van der Waals surface area contributed by atoms with Crippen LogP contribution in [0.3, 0.4) is 0 Å². The Hall–Kier alpha value is -2.73. The first kappa shape index (κ1) is 19.6. The number of carbonyl (C=O) groups is 1. The van der Waals surface area contributed by atoms with E-state index in [-0.39, 0.29) is 24.9 Å². The molecule has 1 heterocycles. The minimum atomic E-state index is 0.0208. The van der Waals surface area contributed by atoms with Gasteiger partial charge in [-0.05, 0) is 42.7 Å². The Morgan fingerprint density at radius 3 is 2.27 bits per heavy atom. The number of amides is 1. The molecule has 3 rings (SSSR count). The van der Waals surface area contributed by atoms with Gasteiger partial charge < -0.3 is 24.6 Å². The van der Waals surface area contributed by atoms with Crippen molar-refractivity contribution < 1.29 is 24.5 Å². The Balaban J connectivity index is 0.000000228. The lowest BCUT2D eigenvalue weighted by Gasteiger charge is -2.15. The van der Waals surface area contributed by atoms with Gasteiger partial charge in [0.25, 0.3) is 5.91 Å². The first-order valence-corrected chi connectivity index (χ1v) is 8.56. The second kappa shape index (κ2) is 10.3. The highest BCUT2D eigenvalue weighted by Gasteiger charge is 2.17. The predicted octanol–water partition coefficient (Wildman–Crippen LogP) is 2.58. The highest BCUT2D eigenvalue weighted by Crippen LogP contribution is 2.23. The summed E-state index contributed by atoms with van der Waals surface area (Å²) in [5, 5.41) is 17.9. The van der Waals surface area contributed by atoms with E-state index >= 15 is 0 Å². The van der Waals surface area contributed by atoms with E-state index in [1.807, 2.05) is 4.90 Å². The van der Waals surface area contributed by atoms with Crippen LogP contribution in [0.4, 0.5) is 0 Å². The number of benzene rings is 2. The molecule has 0 atom stereocenters. The topological polar surface area (TPSA) is 79.2 Å². The summed E-state index contributed by atoms with van der Waals surface area (Å²) in [7, 11) is 1.52. The van der Waals surface area contributed by atoms with Gasteiger partial charge in [-0.15, -0.1) is 0 Å². The van der Waals surface area contributed by atoms with E-state index < -0.39 is 0 Å². The largest absolute Gasteiger partial charge is 0.504 e. The first-order chi connectivity index (χ1) is 12.6. The Morgan fingerprint density at radius 1 is 1.08 bits per heavy atom. The molecular formula is C20H25NO5. The Labute approximate surface area is 153 Å². The third-order valence-electron chi connectivity index (χ3n) is 4.01. The van der Waals surface area contributed by atoms with Crippen molar-refractivity contribution >= 4 is 5.91 Å².